The SMILES string of the molecule is CCOc1cccc(CNC(C)c2csc(Cl)c2)c1. The number of thiophene rings is 1. The lowest BCUT2D eigenvalue weighted by Crippen LogP contribution is -2.17. The monoisotopic (exact) mass is 295 g/mol. The van der Waals surface area contributed by atoms with Crippen LogP contribution < -0.4 is 10.1 Å². The molecular formula is C15H18ClNOS. The van der Waals surface area contributed by atoms with Crippen molar-refractivity contribution in [2.45, 2.75) is 26.4 Å². The number of hydrogen-bond donors (Lipinski definition) is 1. The van der Waals surface area contributed by atoms with E-state index >= 15 is 0 Å². The highest BCUT2D eigenvalue weighted by Crippen LogP contribution is 2.25. The highest BCUT2D eigenvalue weighted by molar-refractivity contribution is 7.14. The Bertz CT molecular complexity index is 526. The molecule has 0 spiro atoms. The third kappa shape index (κ3) is 4.23. The van der Waals surface area contributed by atoms with Crippen LogP contribution in [0.1, 0.15) is 31.0 Å². The van der Waals surface area contributed by atoms with Gasteiger partial charge in [0.05, 0.1) is 10.9 Å². The average Bonchev–Trinajstić information content (AvgIpc) is 2.84. The Morgan fingerprint density at radius 2 is 2.21 bits per heavy atom. The van der Waals surface area contributed by atoms with Crippen LogP contribution in [0.3, 0.4) is 0 Å². The third-order valence-electron chi connectivity index (χ3n) is 2.91. The number of benzene rings is 1. The number of hydrogen-bond acceptors (Lipinski definition) is 3. The Hall–Kier alpha value is -1.03. The molecule has 2 aromatic rings. The first-order valence-corrected chi connectivity index (χ1v) is 7.64. The predicted octanol–water partition coefficient (Wildman–Crippen LogP) is 4.65. The topological polar surface area (TPSA) is 21.3 Å². The van der Waals surface area contributed by atoms with Crippen LogP contribution in [0.4, 0.5) is 0 Å². The third-order valence-corrected chi connectivity index (χ3v) is 4.02. The molecule has 0 saturated heterocycles. The summed E-state index contributed by atoms with van der Waals surface area (Å²) in [5.74, 6) is 0.924. The van der Waals surface area contributed by atoms with Crippen molar-refractivity contribution in [3.8, 4) is 5.75 Å². The van der Waals surface area contributed by atoms with Crippen molar-refractivity contribution >= 4 is 22.9 Å². The van der Waals surface area contributed by atoms with Gasteiger partial charge in [-0.05, 0) is 48.6 Å². The summed E-state index contributed by atoms with van der Waals surface area (Å²) in [5.41, 5.74) is 2.45. The molecule has 19 heavy (non-hydrogen) atoms. The second kappa shape index (κ2) is 6.94. The second-order valence-electron chi connectivity index (χ2n) is 4.37. The van der Waals surface area contributed by atoms with Crippen molar-refractivity contribution in [3.05, 3.63) is 51.2 Å². The molecule has 0 amide bonds. The van der Waals surface area contributed by atoms with E-state index < -0.39 is 0 Å². The molecule has 0 fully saturated rings. The smallest absolute Gasteiger partial charge is 0.119 e. The van der Waals surface area contributed by atoms with Crippen molar-refractivity contribution in [1.29, 1.82) is 0 Å². The van der Waals surface area contributed by atoms with E-state index in [1.165, 1.54) is 11.1 Å². The first kappa shape index (κ1) is 14.4. The number of halogens is 1. The van der Waals surface area contributed by atoms with E-state index in [2.05, 4.69) is 29.8 Å². The van der Waals surface area contributed by atoms with Crippen molar-refractivity contribution < 1.29 is 4.74 Å². The van der Waals surface area contributed by atoms with Crippen LogP contribution in [0.25, 0.3) is 0 Å². The average molecular weight is 296 g/mol. The number of nitrogens with one attached hydrogen (secondary N) is 1. The summed E-state index contributed by atoms with van der Waals surface area (Å²) in [6, 6.07) is 10.5. The Morgan fingerprint density at radius 1 is 1.37 bits per heavy atom. The van der Waals surface area contributed by atoms with Crippen LogP contribution in [0, 0.1) is 0 Å². The lowest BCUT2D eigenvalue weighted by Gasteiger charge is -2.13. The summed E-state index contributed by atoms with van der Waals surface area (Å²) in [6.45, 7) is 5.65. The molecule has 0 saturated carbocycles. The number of rotatable bonds is 6. The van der Waals surface area contributed by atoms with Crippen LogP contribution in [-0.4, -0.2) is 6.61 Å². The minimum Gasteiger partial charge on any atom is -0.494 e. The largest absolute Gasteiger partial charge is 0.494 e. The van der Waals surface area contributed by atoms with Crippen LogP contribution >= 0.6 is 22.9 Å². The summed E-state index contributed by atoms with van der Waals surface area (Å²) in [5, 5.41) is 5.58. The fourth-order valence-corrected chi connectivity index (χ4v) is 2.84. The second-order valence-corrected chi connectivity index (χ2v) is 5.91. The Morgan fingerprint density at radius 3 is 2.89 bits per heavy atom. The molecule has 0 aliphatic rings. The summed E-state index contributed by atoms with van der Waals surface area (Å²) in [6.07, 6.45) is 0. The van der Waals surface area contributed by atoms with Crippen LogP contribution in [0.5, 0.6) is 5.75 Å². The van der Waals surface area contributed by atoms with Gasteiger partial charge in [-0.15, -0.1) is 11.3 Å². The van der Waals surface area contributed by atoms with Gasteiger partial charge in [0.15, 0.2) is 0 Å². The van der Waals surface area contributed by atoms with Crippen LogP contribution in [-0.2, 0) is 6.54 Å². The molecular weight excluding hydrogens is 278 g/mol. The summed E-state index contributed by atoms with van der Waals surface area (Å²) in [4.78, 5) is 0. The molecule has 1 N–H and O–H groups in total. The zero-order valence-electron chi connectivity index (χ0n) is 11.2. The molecule has 0 bridgehead atoms. The van der Waals surface area contributed by atoms with Crippen molar-refractivity contribution in [3.63, 3.8) is 0 Å². The van der Waals surface area contributed by atoms with Gasteiger partial charge < -0.3 is 10.1 Å². The van der Waals surface area contributed by atoms with Gasteiger partial charge in [-0.25, -0.2) is 0 Å². The van der Waals surface area contributed by atoms with E-state index in [0.717, 1.165) is 16.6 Å². The van der Waals surface area contributed by atoms with Gasteiger partial charge in [-0.2, -0.15) is 0 Å². The maximum Gasteiger partial charge on any atom is 0.119 e. The van der Waals surface area contributed by atoms with Gasteiger partial charge in [0.2, 0.25) is 0 Å². The molecule has 1 aromatic carbocycles. The Labute approximate surface area is 123 Å². The summed E-state index contributed by atoms with van der Waals surface area (Å²) in [7, 11) is 0. The van der Waals surface area contributed by atoms with Crippen LogP contribution in [0.2, 0.25) is 4.34 Å². The molecule has 0 radical (unpaired) electrons. The Balaban J connectivity index is 1.93. The highest BCUT2D eigenvalue weighted by Gasteiger charge is 2.07. The Kier molecular flexibility index (Phi) is 5.25. The van der Waals surface area contributed by atoms with E-state index in [9.17, 15) is 0 Å². The maximum absolute atomic E-state index is 5.95. The first-order chi connectivity index (χ1) is 9.19. The molecule has 4 heteroatoms. The minimum atomic E-state index is 0.291. The zero-order valence-corrected chi connectivity index (χ0v) is 12.7. The highest BCUT2D eigenvalue weighted by atomic mass is 35.5. The lowest BCUT2D eigenvalue weighted by molar-refractivity contribution is 0.339. The van der Waals surface area contributed by atoms with Gasteiger partial charge in [-0.1, -0.05) is 23.7 Å². The van der Waals surface area contributed by atoms with Gasteiger partial charge in [-0.3, -0.25) is 0 Å². The van der Waals surface area contributed by atoms with Gasteiger partial charge >= 0.3 is 0 Å². The maximum atomic E-state index is 5.95. The fraction of sp³-hybridized carbons (Fsp3) is 0.333. The molecule has 1 aromatic heterocycles. The van der Waals surface area contributed by atoms with Gasteiger partial charge in [0.1, 0.15) is 5.75 Å². The molecule has 0 aliphatic heterocycles. The molecule has 1 unspecified atom stereocenters. The van der Waals surface area contributed by atoms with Crippen molar-refractivity contribution in [1.82, 2.24) is 5.32 Å². The minimum absolute atomic E-state index is 0.291. The quantitative estimate of drug-likeness (QED) is 0.837. The van der Waals surface area contributed by atoms with Crippen molar-refractivity contribution in [2.75, 3.05) is 6.61 Å². The lowest BCUT2D eigenvalue weighted by atomic mass is 10.1. The zero-order chi connectivity index (χ0) is 13.7. The summed E-state index contributed by atoms with van der Waals surface area (Å²) >= 11 is 7.52. The molecule has 102 valence electrons. The van der Waals surface area contributed by atoms with E-state index in [1.54, 1.807) is 11.3 Å². The van der Waals surface area contributed by atoms with E-state index in [4.69, 9.17) is 16.3 Å². The van der Waals surface area contributed by atoms with E-state index in [1.807, 2.05) is 25.1 Å². The first-order valence-electron chi connectivity index (χ1n) is 6.38. The van der Waals surface area contributed by atoms with Gasteiger partial charge in [0.25, 0.3) is 0 Å². The predicted molar refractivity (Wildman–Crippen MR) is 82.2 cm³/mol. The van der Waals surface area contributed by atoms with Crippen molar-refractivity contribution in [2.24, 2.45) is 0 Å². The molecule has 2 nitrogen and oxygen atoms in total. The molecule has 1 atom stereocenters. The summed E-state index contributed by atoms with van der Waals surface area (Å²) < 4.78 is 6.33. The standard InChI is InChI=1S/C15H18ClNOS/c1-3-18-14-6-4-5-12(7-14)9-17-11(2)13-8-15(16)19-10-13/h4-8,10-11,17H,3,9H2,1-2H3. The number of ether oxygens (including phenoxy) is 1. The van der Waals surface area contributed by atoms with Crippen LogP contribution in [0.15, 0.2) is 35.7 Å². The van der Waals surface area contributed by atoms with E-state index in [0.29, 0.717) is 12.6 Å². The van der Waals surface area contributed by atoms with Gasteiger partial charge in [0, 0.05) is 12.6 Å². The van der Waals surface area contributed by atoms with E-state index in [-0.39, 0.29) is 0 Å². The fourth-order valence-electron chi connectivity index (χ4n) is 1.85. The molecule has 1 heterocycles. The molecule has 0 aliphatic carbocycles. The molecule has 2 rings (SSSR count). The normalized spacial score (nSPS) is 12.4.